The minimum atomic E-state index is 0.194. The van der Waals surface area contributed by atoms with Crippen molar-refractivity contribution in [2.24, 2.45) is 11.8 Å². The minimum Gasteiger partial charge on any atom is -0.358 e. The highest BCUT2D eigenvalue weighted by Gasteiger charge is 2.28. The van der Waals surface area contributed by atoms with Crippen LogP contribution in [-0.4, -0.2) is 92.3 Å². The lowest BCUT2D eigenvalue weighted by Crippen LogP contribution is -2.37. The van der Waals surface area contributed by atoms with Gasteiger partial charge < -0.3 is 19.4 Å². The van der Waals surface area contributed by atoms with Crippen LogP contribution in [0, 0.1) is 11.8 Å². The first-order chi connectivity index (χ1) is 27.5. The zero-order chi connectivity index (χ0) is 39.8. The molecule has 0 saturated carbocycles. The Kier molecular flexibility index (Phi) is 11.6. The highest BCUT2D eigenvalue weighted by molar-refractivity contribution is 6.00. The molecular formula is C49H64N6O2. The Morgan fingerprint density at radius 3 is 1.79 bits per heavy atom. The number of aromatic nitrogens is 2. The molecule has 2 amide bonds. The number of aromatic amines is 1. The second kappa shape index (κ2) is 16.8. The van der Waals surface area contributed by atoms with Crippen LogP contribution in [0.15, 0.2) is 66.7 Å². The summed E-state index contributed by atoms with van der Waals surface area (Å²) >= 11 is 0. The van der Waals surface area contributed by atoms with E-state index in [1.807, 2.05) is 11.0 Å². The van der Waals surface area contributed by atoms with Crippen LogP contribution in [0.4, 0.5) is 0 Å². The molecular weight excluding hydrogens is 705 g/mol. The smallest absolute Gasteiger partial charge is 0.253 e. The number of carbonyl (C=O) groups excluding carboxylic acids is 2. The molecule has 6 heterocycles. The van der Waals surface area contributed by atoms with Gasteiger partial charge in [-0.2, -0.15) is 0 Å². The Balaban J connectivity index is 0.000000165. The van der Waals surface area contributed by atoms with Gasteiger partial charge in [0.2, 0.25) is 0 Å². The van der Waals surface area contributed by atoms with Crippen LogP contribution in [0.5, 0.6) is 0 Å². The van der Waals surface area contributed by atoms with Crippen molar-refractivity contribution in [2.45, 2.75) is 112 Å². The monoisotopic (exact) mass is 769 g/mol. The van der Waals surface area contributed by atoms with E-state index in [1.165, 1.54) is 49.9 Å². The van der Waals surface area contributed by atoms with Crippen molar-refractivity contribution >= 4 is 33.6 Å². The fourth-order valence-corrected chi connectivity index (χ4v) is 9.59. The maximum absolute atomic E-state index is 13.3. The molecule has 2 saturated heterocycles. The van der Waals surface area contributed by atoms with Crippen molar-refractivity contribution < 1.29 is 9.59 Å². The van der Waals surface area contributed by atoms with Crippen molar-refractivity contribution in [1.29, 1.82) is 0 Å². The van der Waals surface area contributed by atoms with Gasteiger partial charge in [0.15, 0.2) is 0 Å². The molecule has 302 valence electrons. The molecule has 0 atom stereocenters. The maximum atomic E-state index is 13.3. The summed E-state index contributed by atoms with van der Waals surface area (Å²) in [6.07, 6.45) is 6.59. The third kappa shape index (κ3) is 8.31. The predicted molar refractivity (Wildman–Crippen MR) is 233 cm³/mol. The molecule has 57 heavy (non-hydrogen) atoms. The van der Waals surface area contributed by atoms with E-state index >= 15 is 0 Å². The van der Waals surface area contributed by atoms with E-state index in [9.17, 15) is 9.59 Å². The first-order valence-corrected chi connectivity index (χ1v) is 21.9. The number of carbonyl (C=O) groups is 2. The maximum Gasteiger partial charge on any atom is 0.253 e. The average molecular weight is 769 g/mol. The predicted octanol–water partition coefficient (Wildman–Crippen LogP) is 9.13. The van der Waals surface area contributed by atoms with Crippen LogP contribution < -0.4 is 0 Å². The lowest BCUT2D eigenvalue weighted by molar-refractivity contribution is 0.0689. The molecule has 0 unspecified atom stereocenters. The Labute approximate surface area is 340 Å². The lowest BCUT2D eigenvalue weighted by Gasteiger charge is -2.31. The van der Waals surface area contributed by atoms with E-state index in [0.29, 0.717) is 12.1 Å². The third-order valence-electron chi connectivity index (χ3n) is 13.6. The Bertz CT molecular complexity index is 2200. The number of H-pyrrole nitrogens is 1. The Morgan fingerprint density at radius 2 is 1.19 bits per heavy atom. The zero-order valence-corrected chi connectivity index (χ0v) is 35.3. The average Bonchev–Trinajstić information content (AvgIpc) is 3.75. The number of piperidine rings is 2. The molecule has 4 aliphatic heterocycles. The molecule has 0 aliphatic carbocycles. The summed E-state index contributed by atoms with van der Waals surface area (Å²) in [5, 5.41) is 2.49. The molecule has 4 aliphatic rings. The standard InChI is InChI=1S/C28H35N3O.C21H29N3O/c1-20(2)30-16-13-27-25(19-30)24-17-23(28(32)29-14-11-21(3)12-15-29)9-10-26(24)31(27)18-22-7-5-4-6-8-22;1-14(2)24-11-8-20-18(13-24)17-12-16(4-5-19(17)22-20)21(25)23-9-6-15(3)7-10-23/h4-10,17,20-21H,11-16,18-19H2,1-3H3;4-5,12,14-15,22H,6-11,13H2,1-3H3. The van der Waals surface area contributed by atoms with E-state index in [4.69, 9.17) is 0 Å². The van der Waals surface area contributed by atoms with Crippen molar-refractivity contribution in [2.75, 3.05) is 39.3 Å². The van der Waals surface area contributed by atoms with Crippen LogP contribution in [0.3, 0.4) is 0 Å². The van der Waals surface area contributed by atoms with E-state index in [2.05, 4.69) is 126 Å². The minimum absolute atomic E-state index is 0.194. The first-order valence-electron chi connectivity index (χ1n) is 21.9. The number of fused-ring (bicyclic) bond motifs is 6. The summed E-state index contributed by atoms with van der Waals surface area (Å²) in [6, 6.07) is 24.4. The highest BCUT2D eigenvalue weighted by Crippen LogP contribution is 2.34. The number of rotatable bonds is 6. The molecule has 0 bridgehead atoms. The lowest BCUT2D eigenvalue weighted by atomic mass is 9.98. The second-order valence-corrected chi connectivity index (χ2v) is 18.1. The number of nitrogens with zero attached hydrogens (tertiary/aromatic N) is 5. The number of hydrogen-bond acceptors (Lipinski definition) is 4. The Hall–Kier alpha value is -4.40. The Morgan fingerprint density at radius 1 is 0.649 bits per heavy atom. The molecule has 1 N–H and O–H groups in total. The molecule has 0 spiro atoms. The van der Waals surface area contributed by atoms with Crippen LogP contribution in [0.1, 0.15) is 116 Å². The van der Waals surface area contributed by atoms with Gasteiger partial charge >= 0.3 is 0 Å². The molecule has 9 rings (SSSR count). The summed E-state index contributed by atoms with van der Waals surface area (Å²) in [5.74, 6) is 1.85. The SMILES string of the molecule is CC1CCN(C(=O)c2ccc3[nH]c4c(c3c2)CN(C(C)C)CC4)CC1.CC1CCN(C(=O)c2ccc3c(c2)c2c(n3Cc3ccccc3)CCN(C(C)C)C2)CC1. The van der Waals surface area contributed by atoms with Gasteiger partial charge in [0.25, 0.3) is 11.8 Å². The van der Waals surface area contributed by atoms with Gasteiger partial charge in [-0.05, 0) is 118 Å². The van der Waals surface area contributed by atoms with E-state index < -0.39 is 0 Å². The van der Waals surface area contributed by atoms with Gasteiger partial charge in [-0.1, -0.05) is 44.2 Å². The quantitative estimate of drug-likeness (QED) is 0.187. The first kappa shape index (κ1) is 39.4. The van der Waals surface area contributed by atoms with Crippen molar-refractivity contribution in [3.05, 3.63) is 106 Å². The van der Waals surface area contributed by atoms with E-state index in [-0.39, 0.29) is 11.8 Å². The van der Waals surface area contributed by atoms with Crippen LogP contribution in [0.25, 0.3) is 21.8 Å². The summed E-state index contributed by atoms with van der Waals surface area (Å²) in [6.45, 7) is 22.2. The summed E-state index contributed by atoms with van der Waals surface area (Å²) in [4.78, 5) is 38.9. The summed E-state index contributed by atoms with van der Waals surface area (Å²) < 4.78 is 2.49. The van der Waals surface area contributed by atoms with Gasteiger partial charge in [-0.15, -0.1) is 0 Å². The van der Waals surface area contributed by atoms with Crippen molar-refractivity contribution in [3.63, 3.8) is 0 Å². The number of amides is 2. The topological polar surface area (TPSA) is 67.8 Å². The fraction of sp³-hybridized carbons (Fsp3) is 0.510. The van der Waals surface area contributed by atoms with Gasteiger partial charge in [0.05, 0.1) is 0 Å². The molecule has 3 aromatic carbocycles. The van der Waals surface area contributed by atoms with Gasteiger partial charge in [0, 0.05) is 128 Å². The van der Waals surface area contributed by atoms with Crippen LogP contribution in [-0.2, 0) is 32.5 Å². The molecule has 5 aromatic rings. The molecule has 8 nitrogen and oxygen atoms in total. The molecule has 2 fully saturated rings. The number of hydrogen-bond donors (Lipinski definition) is 1. The van der Waals surface area contributed by atoms with Crippen molar-refractivity contribution in [1.82, 2.24) is 29.2 Å². The molecule has 0 radical (unpaired) electrons. The third-order valence-corrected chi connectivity index (χ3v) is 13.6. The largest absolute Gasteiger partial charge is 0.358 e. The zero-order valence-electron chi connectivity index (χ0n) is 35.3. The molecule has 2 aromatic heterocycles. The summed E-state index contributed by atoms with van der Waals surface area (Å²) in [5.41, 5.74) is 11.0. The van der Waals surface area contributed by atoms with Crippen LogP contribution in [0.2, 0.25) is 0 Å². The highest BCUT2D eigenvalue weighted by atomic mass is 16.2. The van der Waals surface area contributed by atoms with E-state index in [1.54, 1.807) is 0 Å². The van der Waals surface area contributed by atoms with Gasteiger partial charge in [-0.3, -0.25) is 19.4 Å². The number of benzene rings is 3. The summed E-state index contributed by atoms with van der Waals surface area (Å²) in [7, 11) is 0. The fourth-order valence-electron chi connectivity index (χ4n) is 9.59. The molecule has 8 heteroatoms. The number of nitrogens with one attached hydrogen (secondary N) is 1. The second-order valence-electron chi connectivity index (χ2n) is 18.1. The van der Waals surface area contributed by atoms with Gasteiger partial charge in [-0.25, -0.2) is 0 Å². The van der Waals surface area contributed by atoms with Crippen LogP contribution >= 0.6 is 0 Å². The van der Waals surface area contributed by atoms with Gasteiger partial charge in [0.1, 0.15) is 0 Å². The van der Waals surface area contributed by atoms with E-state index in [0.717, 1.165) is 120 Å². The van der Waals surface area contributed by atoms with Crippen molar-refractivity contribution in [3.8, 4) is 0 Å². The number of likely N-dealkylation sites (tertiary alicyclic amines) is 2. The normalized spacial score (nSPS) is 18.6.